The van der Waals surface area contributed by atoms with E-state index < -0.39 is 0 Å². The van der Waals surface area contributed by atoms with E-state index in [-0.39, 0.29) is 11.5 Å². The van der Waals surface area contributed by atoms with E-state index in [4.69, 9.17) is 4.74 Å². The number of benzene rings is 2. The summed E-state index contributed by atoms with van der Waals surface area (Å²) in [6.45, 7) is 6.22. The van der Waals surface area contributed by atoms with Gasteiger partial charge in [0.25, 0.3) is 5.56 Å². The van der Waals surface area contributed by atoms with Crippen LogP contribution in [0.3, 0.4) is 0 Å². The van der Waals surface area contributed by atoms with E-state index in [1.165, 1.54) is 11.8 Å². The third kappa shape index (κ3) is 3.95. The largest absolute Gasteiger partial charge is 0.466 e. The number of hydrogen-bond acceptors (Lipinski definition) is 6. The summed E-state index contributed by atoms with van der Waals surface area (Å²) in [5, 5.41) is 10.1. The fourth-order valence-electron chi connectivity index (χ4n) is 3.58. The zero-order valence-electron chi connectivity index (χ0n) is 17.8. The number of para-hydroxylation sites is 1. The van der Waals surface area contributed by atoms with Gasteiger partial charge in [0.2, 0.25) is 5.78 Å². The summed E-state index contributed by atoms with van der Waals surface area (Å²) >= 11 is 1.51. The van der Waals surface area contributed by atoms with Crippen LogP contribution >= 0.6 is 11.8 Å². The predicted octanol–water partition coefficient (Wildman–Crippen LogP) is 4.09. The first-order valence-corrected chi connectivity index (χ1v) is 11.3. The highest BCUT2D eigenvalue weighted by Crippen LogP contribution is 2.25. The van der Waals surface area contributed by atoms with Crippen molar-refractivity contribution in [1.29, 1.82) is 0 Å². The van der Waals surface area contributed by atoms with Crippen molar-refractivity contribution < 1.29 is 9.53 Å². The van der Waals surface area contributed by atoms with Crippen LogP contribution in [0.25, 0.3) is 22.4 Å². The molecule has 0 aliphatic heterocycles. The number of fused-ring (bicyclic) bond motifs is 3. The molecule has 0 N–H and O–H groups in total. The highest BCUT2D eigenvalue weighted by molar-refractivity contribution is 7.99. The number of aromatic nitrogens is 4. The van der Waals surface area contributed by atoms with Crippen LogP contribution in [0, 0.1) is 13.8 Å². The lowest BCUT2D eigenvalue weighted by Crippen LogP contribution is -2.22. The van der Waals surface area contributed by atoms with Gasteiger partial charge in [-0.3, -0.25) is 14.0 Å². The number of ether oxygens (including phenoxy) is 1. The molecule has 0 radical (unpaired) electrons. The summed E-state index contributed by atoms with van der Waals surface area (Å²) in [7, 11) is 0. The average Bonchev–Trinajstić information content (AvgIpc) is 3.18. The van der Waals surface area contributed by atoms with Gasteiger partial charge in [-0.1, -0.05) is 36.0 Å². The van der Waals surface area contributed by atoms with Gasteiger partial charge >= 0.3 is 5.97 Å². The van der Waals surface area contributed by atoms with Crippen LogP contribution < -0.4 is 5.56 Å². The van der Waals surface area contributed by atoms with Crippen molar-refractivity contribution in [3.05, 3.63) is 63.9 Å². The highest BCUT2D eigenvalue weighted by Gasteiger charge is 2.19. The maximum Gasteiger partial charge on any atom is 0.305 e. The van der Waals surface area contributed by atoms with Crippen LogP contribution in [0.5, 0.6) is 0 Å². The van der Waals surface area contributed by atoms with E-state index in [1.54, 1.807) is 11.5 Å². The van der Waals surface area contributed by atoms with Crippen molar-refractivity contribution in [1.82, 2.24) is 19.2 Å². The van der Waals surface area contributed by atoms with Crippen LogP contribution in [-0.4, -0.2) is 37.5 Å². The number of aryl methyl sites for hydroxylation is 1. The second-order valence-electron chi connectivity index (χ2n) is 7.25. The standard InChI is InChI=1S/C23H24N4O3S/c1-4-30-20(28)13-8-14-31-23-25-24-22-26(18-12-7-9-15(2)16(18)3)21(29)17-10-5-6-11-19(17)27(22)23/h5-7,9-12H,4,8,13-14H2,1-3H3. The summed E-state index contributed by atoms with van der Waals surface area (Å²) in [6, 6.07) is 13.4. The summed E-state index contributed by atoms with van der Waals surface area (Å²) in [4.78, 5) is 25.0. The molecule has 4 rings (SSSR count). The first kappa shape index (κ1) is 21.1. The number of esters is 1. The van der Waals surface area contributed by atoms with E-state index in [0.717, 1.165) is 22.3 Å². The van der Waals surface area contributed by atoms with Crippen molar-refractivity contribution in [2.75, 3.05) is 12.4 Å². The molecule has 0 spiro atoms. The zero-order valence-corrected chi connectivity index (χ0v) is 18.6. The molecule has 31 heavy (non-hydrogen) atoms. The third-order valence-electron chi connectivity index (χ3n) is 5.27. The molecule has 7 nitrogen and oxygen atoms in total. The third-order valence-corrected chi connectivity index (χ3v) is 6.29. The Kier molecular flexibility index (Phi) is 6.08. The first-order valence-electron chi connectivity index (χ1n) is 10.3. The van der Waals surface area contributed by atoms with E-state index in [1.807, 2.05) is 60.7 Å². The van der Waals surface area contributed by atoms with Crippen LogP contribution in [0.2, 0.25) is 0 Å². The summed E-state index contributed by atoms with van der Waals surface area (Å²) in [5.74, 6) is 0.977. The van der Waals surface area contributed by atoms with Crippen molar-refractivity contribution in [3.63, 3.8) is 0 Å². The Morgan fingerprint density at radius 3 is 2.71 bits per heavy atom. The molecule has 4 aromatic rings. The minimum absolute atomic E-state index is 0.122. The number of hydrogen-bond donors (Lipinski definition) is 0. The fraction of sp³-hybridized carbons (Fsp3) is 0.304. The molecule has 0 amide bonds. The first-order chi connectivity index (χ1) is 15.0. The van der Waals surface area contributed by atoms with Gasteiger partial charge in [0.1, 0.15) is 0 Å². The molecule has 0 unspecified atom stereocenters. The molecular weight excluding hydrogens is 412 g/mol. The van der Waals surface area contributed by atoms with Gasteiger partial charge in [0, 0.05) is 12.2 Å². The smallest absolute Gasteiger partial charge is 0.305 e. The van der Waals surface area contributed by atoms with Crippen LogP contribution in [-0.2, 0) is 9.53 Å². The molecule has 0 atom stereocenters. The molecule has 0 bridgehead atoms. The molecule has 2 aromatic carbocycles. The molecule has 2 heterocycles. The Morgan fingerprint density at radius 1 is 1.10 bits per heavy atom. The molecule has 0 aliphatic carbocycles. The van der Waals surface area contributed by atoms with Gasteiger partial charge in [-0.2, -0.15) is 0 Å². The van der Waals surface area contributed by atoms with Crippen LogP contribution in [0.4, 0.5) is 0 Å². The van der Waals surface area contributed by atoms with E-state index in [0.29, 0.717) is 41.5 Å². The Balaban J connectivity index is 1.81. The monoisotopic (exact) mass is 436 g/mol. The number of thioether (sulfide) groups is 1. The van der Waals surface area contributed by atoms with Gasteiger partial charge in [0.15, 0.2) is 5.16 Å². The lowest BCUT2D eigenvalue weighted by Gasteiger charge is -2.14. The molecule has 0 saturated heterocycles. The number of carbonyl (C=O) groups is 1. The number of rotatable bonds is 7. The Bertz CT molecular complexity index is 1330. The van der Waals surface area contributed by atoms with Crippen LogP contribution in [0.1, 0.15) is 30.9 Å². The molecule has 0 saturated carbocycles. The van der Waals surface area contributed by atoms with Gasteiger partial charge in [-0.15, -0.1) is 10.2 Å². The lowest BCUT2D eigenvalue weighted by molar-refractivity contribution is -0.143. The van der Waals surface area contributed by atoms with Crippen molar-refractivity contribution >= 4 is 34.4 Å². The molecular formula is C23H24N4O3S. The minimum Gasteiger partial charge on any atom is -0.466 e. The molecule has 0 aliphatic rings. The van der Waals surface area contributed by atoms with E-state index in [9.17, 15) is 9.59 Å². The fourth-order valence-corrected chi connectivity index (χ4v) is 4.46. The Hall–Kier alpha value is -3.13. The van der Waals surface area contributed by atoms with Crippen LogP contribution in [0.15, 0.2) is 52.4 Å². The minimum atomic E-state index is -0.191. The van der Waals surface area contributed by atoms with E-state index >= 15 is 0 Å². The summed E-state index contributed by atoms with van der Waals surface area (Å²) < 4.78 is 8.55. The second kappa shape index (κ2) is 8.93. The maximum atomic E-state index is 13.4. The normalized spacial score (nSPS) is 11.3. The Morgan fingerprint density at radius 2 is 1.90 bits per heavy atom. The molecule has 8 heteroatoms. The lowest BCUT2D eigenvalue weighted by atomic mass is 10.1. The number of carbonyl (C=O) groups excluding carboxylic acids is 1. The molecule has 0 fully saturated rings. The van der Waals surface area contributed by atoms with Crippen molar-refractivity contribution in [2.45, 2.75) is 38.8 Å². The van der Waals surface area contributed by atoms with Gasteiger partial charge in [0.05, 0.1) is 23.2 Å². The second-order valence-corrected chi connectivity index (χ2v) is 8.31. The zero-order chi connectivity index (χ0) is 22.0. The maximum absolute atomic E-state index is 13.4. The van der Waals surface area contributed by atoms with Gasteiger partial charge in [-0.25, -0.2) is 4.57 Å². The quantitative estimate of drug-likeness (QED) is 0.247. The SMILES string of the molecule is CCOC(=O)CCCSc1nnc2n(-c3cccc(C)c3C)c(=O)c3ccccc3n12. The molecule has 2 aromatic heterocycles. The van der Waals surface area contributed by atoms with Gasteiger partial charge in [-0.05, 0) is 56.5 Å². The predicted molar refractivity (Wildman–Crippen MR) is 122 cm³/mol. The average molecular weight is 437 g/mol. The highest BCUT2D eigenvalue weighted by atomic mass is 32.2. The molecule has 160 valence electrons. The topological polar surface area (TPSA) is 78.5 Å². The van der Waals surface area contributed by atoms with Crippen molar-refractivity contribution in [3.8, 4) is 5.69 Å². The van der Waals surface area contributed by atoms with Crippen molar-refractivity contribution in [2.24, 2.45) is 0 Å². The number of nitrogens with zero attached hydrogens (tertiary/aromatic N) is 4. The summed E-state index contributed by atoms with van der Waals surface area (Å²) in [5.41, 5.74) is 3.56. The van der Waals surface area contributed by atoms with Gasteiger partial charge < -0.3 is 4.74 Å². The van der Waals surface area contributed by atoms with E-state index in [2.05, 4.69) is 10.2 Å². The Labute approximate surface area is 184 Å². The summed E-state index contributed by atoms with van der Waals surface area (Å²) in [6.07, 6.45) is 1.04.